The number of amides is 1. The molecule has 0 unspecified atom stereocenters. The van der Waals surface area contributed by atoms with Gasteiger partial charge in [-0.1, -0.05) is 6.08 Å². The van der Waals surface area contributed by atoms with Gasteiger partial charge >= 0.3 is 0 Å². The molecule has 0 saturated carbocycles. The lowest BCUT2D eigenvalue weighted by molar-refractivity contribution is 0.0782. The molecule has 1 aromatic heterocycles. The number of allylic oxidation sites excluding steroid dienone is 1. The maximum absolute atomic E-state index is 11.6. The fraction of sp³-hybridized carbons (Fsp3) is 0.444. The third kappa shape index (κ3) is 2.69. The second kappa shape index (κ2) is 5.16. The summed E-state index contributed by atoms with van der Waals surface area (Å²) in [6, 6.07) is 0. The summed E-state index contributed by atoms with van der Waals surface area (Å²) in [5.74, 6) is 0.151. The Morgan fingerprint density at radius 1 is 1.79 bits per heavy atom. The third-order valence-corrected chi connectivity index (χ3v) is 1.87. The van der Waals surface area contributed by atoms with E-state index in [1.54, 1.807) is 11.9 Å². The summed E-state index contributed by atoms with van der Waals surface area (Å²) in [5.41, 5.74) is 0. The van der Waals surface area contributed by atoms with Crippen molar-refractivity contribution >= 4 is 5.91 Å². The molecule has 5 nitrogen and oxygen atoms in total. The van der Waals surface area contributed by atoms with E-state index in [1.807, 2.05) is 6.08 Å². The molecular formula is C9H14N4O. The molecular weight excluding hydrogens is 180 g/mol. The van der Waals surface area contributed by atoms with Gasteiger partial charge in [0.25, 0.3) is 5.91 Å². The average Bonchev–Trinajstić information content (AvgIpc) is 2.69. The average molecular weight is 194 g/mol. The normalized spacial score (nSPS) is 9.79. The summed E-state index contributed by atoms with van der Waals surface area (Å²) < 4.78 is 0. The van der Waals surface area contributed by atoms with E-state index < -0.39 is 0 Å². The van der Waals surface area contributed by atoms with Crippen LogP contribution in [0.4, 0.5) is 0 Å². The Morgan fingerprint density at radius 2 is 2.57 bits per heavy atom. The number of hydrogen-bond donors (Lipinski definition) is 1. The summed E-state index contributed by atoms with van der Waals surface area (Å²) in [6.45, 7) is 4.32. The lowest BCUT2D eigenvalue weighted by Gasteiger charge is -2.14. The summed E-state index contributed by atoms with van der Waals surface area (Å²) >= 11 is 0. The van der Waals surface area contributed by atoms with E-state index in [0.717, 1.165) is 12.8 Å². The van der Waals surface area contributed by atoms with E-state index in [2.05, 4.69) is 21.8 Å². The zero-order valence-electron chi connectivity index (χ0n) is 8.23. The molecule has 0 bridgehead atoms. The lowest BCUT2D eigenvalue weighted by Crippen LogP contribution is -2.28. The molecule has 5 heteroatoms. The first-order valence-corrected chi connectivity index (χ1v) is 4.47. The Morgan fingerprint density at radius 3 is 3.14 bits per heavy atom. The van der Waals surface area contributed by atoms with Crippen molar-refractivity contribution in [1.82, 2.24) is 20.1 Å². The molecule has 0 spiro atoms. The molecule has 1 aromatic rings. The van der Waals surface area contributed by atoms with Crippen LogP contribution in [0.2, 0.25) is 0 Å². The van der Waals surface area contributed by atoms with Gasteiger partial charge in [0, 0.05) is 13.6 Å². The molecule has 76 valence electrons. The summed E-state index contributed by atoms with van der Waals surface area (Å²) in [4.78, 5) is 17.0. The van der Waals surface area contributed by atoms with Gasteiger partial charge in [0.15, 0.2) is 0 Å². The zero-order chi connectivity index (χ0) is 10.4. The van der Waals surface area contributed by atoms with Crippen molar-refractivity contribution in [1.29, 1.82) is 0 Å². The molecule has 0 radical (unpaired) electrons. The van der Waals surface area contributed by atoms with Crippen molar-refractivity contribution < 1.29 is 4.79 Å². The summed E-state index contributed by atoms with van der Waals surface area (Å²) in [5, 5.41) is 6.16. The van der Waals surface area contributed by atoms with Gasteiger partial charge in [0.1, 0.15) is 6.33 Å². The van der Waals surface area contributed by atoms with Gasteiger partial charge in [-0.25, -0.2) is 4.98 Å². The van der Waals surface area contributed by atoms with Crippen LogP contribution in [0.5, 0.6) is 0 Å². The van der Waals surface area contributed by atoms with Gasteiger partial charge < -0.3 is 4.90 Å². The zero-order valence-corrected chi connectivity index (χ0v) is 8.23. The fourth-order valence-electron chi connectivity index (χ4n) is 1.06. The highest BCUT2D eigenvalue weighted by molar-refractivity contribution is 5.90. The van der Waals surface area contributed by atoms with Crippen molar-refractivity contribution in [3.8, 4) is 0 Å². The van der Waals surface area contributed by atoms with E-state index in [4.69, 9.17) is 0 Å². The van der Waals surface area contributed by atoms with Gasteiger partial charge in [-0.05, 0) is 12.8 Å². The molecule has 0 fully saturated rings. The highest BCUT2D eigenvalue weighted by Gasteiger charge is 2.13. The number of nitrogens with zero attached hydrogens (tertiary/aromatic N) is 3. The molecule has 0 saturated heterocycles. The maximum atomic E-state index is 11.6. The molecule has 14 heavy (non-hydrogen) atoms. The predicted molar refractivity (Wildman–Crippen MR) is 52.8 cm³/mol. The van der Waals surface area contributed by atoms with Crippen LogP contribution in [0.15, 0.2) is 19.0 Å². The largest absolute Gasteiger partial charge is 0.339 e. The number of carbonyl (C=O) groups is 1. The molecule has 1 N–H and O–H groups in total. The van der Waals surface area contributed by atoms with Crippen molar-refractivity contribution in [3.05, 3.63) is 24.8 Å². The van der Waals surface area contributed by atoms with Crippen LogP contribution >= 0.6 is 0 Å². The van der Waals surface area contributed by atoms with Gasteiger partial charge in [-0.3, -0.25) is 9.89 Å². The van der Waals surface area contributed by atoms with Crippen LogP contribution in [0.1, 0.15) is 23.5 Å². The monoisotopic (exact) mass is 194 g/mol. The first-order chi connectivity index (χ1) is 6.75. The number of aromatic amines is 1. The van der Waals surface area contributed by atoms with Crippen molar-refractivity contribution in [2.75, 3.05) is 13.6 Å². The van der Waals surface area contributed by atoms with Crippen LogP contribution < -0.4 is 0 Å². The molecule has 0 aliphatic rings. The van der Waals surface area contributed by atoms with Crippen LogP contribution in [0.25, 0.3) is 0 Å². The molecule has 0 aliphatic heterocycles. The Bertz CT molecular complexity index is 294. The molecule has 1 amide bonds. The number of H-pyrrole nitrogens is 1. The quantitative estimate of drug-likeness (QED) is 0.558. The van der Waals surface area contributed by atoms with E-state index in [1.165, 1.54) is 6.33 Å². The predicted octanol–water partition coefficient (Wildman–Crippen LogP) is 0.843. The van der Waals surface area contributed by atoms with Gasteiger partial charge in [-0.2, -0.15) is 5.10 Å². The van der Waals surface area contributed by atoms with Crippen LogP contribution in [0.3, 0.4) is 0 Å². The van der Waals surface area contributed by atoms with Crippen LogP contribution in [-0.2, 0) is 0 Å². The first kappa shape index (κ1) is 10.4. The molecule has 0 aromatic carbocycles. The highest BCUT2D eigenvalue weighted by Crippen LogP contribution is 1.98. The minimum atomic E-state index is -0.133. The van der Waals surface area contributed by atoms with Crippen LogP contribution in [0, 0.1) is 0 Å². The first-order valence-electron chi connectivity index (χ1n) is 4.47. The highest BCUT2D eigenvalue weighted by atomic mass is 16.2. The number of nitrogens with one attached hydrogen (secondary N) is 1. The van der Waals surface area contributed by atoms with Crippen LogP contribution in [-0.4, -0.2) is 39.6 Å². The van der Waals surface area contributed by atoms with Gasteiger partial charge in [0.2, 0.25) is 5.82 Å². The molecule has 0 aliphatic carbocycles. The topological polar surface area (TPSA) is 61.9 Å². The van der Waals surface area contributed by atoms with Crippen molar-refractivity contribution in [2.45, 2.75) is 12.8 Å². The number of carbonyl (C=O) groups excluding carboxylic acids is 1. The second-order valence-electron chi connectivity index (χ2n) is 2.99. The fourth-order valence-corrected chi connectivity index (χ4v) is 1.06. The molecule has 1 heterocycles. The summed E-state index contributed by atoms with van der Waals surface area (Å²) in [6.07, 6.45) is 4.99. The van der Waals surface area contributed by atoms with E-state index in [9.17, 15) is 4.79 Å². The van der Waals surface area contributed by atoms with Gasteiger partial charge in [-0.15, -0.1) is 6.58 Å². The van der Waals surface area contributed by atoms with Gasteiger partial charge in [0.05, 0.1) is 0 Å². The standard InChI is InChI=1S/C9H14N4O/c1-3-4-5-6-13(2)9(14)8-10-7-11-12-8/h3,7H,1,4-6H2,2H3,(H,10,11,12). The van der Waals surface area contributed by atoms with E-state index in [0.29, 0.717) is 6.54 Å². The lowest BCUT2D eigenvalue weighted by atomic mass is 10.3. The second-order valence-corrected chi connectivity index (χ2v) is 2.99. The molecule has 0 atom stereocenters. The number of unbranched alkanes of at least 4 members (excludes halogenated alkanes) is 1. The van der Waals surface area contributed by atoms with Crippen molar-refractivity contribution in [3.63, 3.8) is 0 Å². The number of aromatic nitrogens is 3. The Hall–Kier alpha value is -1.65. The minimum Gasteiger partial charge on any atom is -0.339 e. The Labute approximate surface area is 82.8 Å². The maximum Gasteiger partial charge on any atom is 0.290 e. The SMILES string of the molecule is C=CCCCN(C)C(=O)c1ncn[nH]1. The minimum absolute atomic E-state index is 0.133. The molecule has 1 rings (SSSR count). The Balaban J connectivity index is 2.41. The summed E-state index contributed by atoms with van der Waals surface area (Å²) in [7, 11) is 1.74. The number of rotatable bonds is 5. The van der Waals surface area contributed by atoms with E-state index >= 15 is 0 Å². The Kier molecular flexibility index (Phi) is 3.84. The number of hydrogen-bond acceptors (Lipinski definition) is 3. The third-order valence-electron chi connectivity index (χ3n) is 1.87. The van der Waals surface area contributed by atoms with Crippen molar-refractivity contribution in [2.24, 2.45) is 0 Å². The van der Waals surface area contributed by atoms with E-state index in [-0.39, 0.29) is 11.7 Å². The smallest absolute Gasteiger partial charge is 0.290 e.